The lowest BCUT2D eigenvalue weighted by atomic mass is 9.91. The van der Waals surface area contributed by atoms with Crippen LogP contribution in [0.25, 0.3) is 0 Å². The molecule has 1 aliphatic carbocycles. The molecular weight excluding hydrogens is 180 g/mol. The highest BCUT2D eigenvalue weighted by Crippen LogP contribution is 2.40. The van der Waals surface area contributed by atoms with E-state index in [1.54, 1.807) is 0 Å². The van der Waals surface area contributed by atoms with Crippen molar-refractivity contribution in [3.05, 3.63) is 15.6 Å². The summed E-state index contributed by atoms with van der Waals surface area (Å²) in [5, 5.41) is 1.22. The lowest BCUT2D eigenvalue weighted by Crippen LogP contribution is -2.13. The monoisotopic (exact) mass is 196 g/mol. The van der Waals surface area contributed by atoms with Gasteiger partial charge in [-0.25, -0.2) is 4.98 Å². The summed E-state index contributed by atoms with van der Waals surface area (Å²) in [5.41, 5.74) is 7.15. The molecule has 72 valence electrons. The van der Waals surface area contributed by atoms with Crippen LogP contribution in [0.15, 0.2) is 0 Å². The second-order valence-electron chi connectivity index (χ2n) is 4.30. The van der Waals surface area contributed by atoms with E-state index in [2.05, 4.69) is 18.8 Å². The smallest absolute Gasteiger partial charge is 0.0943 e. The van der Waals surface area contributed by atoms with Crippen LogP contribution in [0, 0.1) is 0 Å². The highest BCUT2D eigenvalue weighted by atomic mass is 32.1. The van der Waals surface area contributed by atoms with Gasteiger partial charge in [-0.2, -0.15) is 0 Å². The van der Waals surface area contributed by atoms with Crippen molar-refractivity contribution in [3.8, 4) is 0 Å². The van der Waals surface area contributed by atoms with Gasteiger partial charge in [-0.1, -0.05) is 13.8 Å². The number of nitrogens with two attached hydrogens (primary N) is 1. The summed E-state index contributed by atoms with van der Waals surface area (Å²) in [5.74, 6) is 0. The Morgan fingerprint density at radius 3 is 2.92 bits per heavy atom. The molecule has 0 atom stereocenters. The van der Waals surface area contributed by atoms with Gasteiger partial charge in [-0.15, -0.1) is 11.3 Å². The Bertz CT molecular complexity index is 315. The molecule has 0 fully saturated rings. The van der Waals surface area contributed by atoms with Crippen LogP contribution in [0.2, 0.25) is 0 Å². The molecule has 2 rings (SSSR count). The van der Waals surface area contributed by atoms with Crippen LogP contribution in [0.1, 0.15) is 35.8 Å². The Kier molecular flexibility index (Phi) is 2.16. The minimum absolute atomic E-state index is 0.304. The summed E-state index contributed by atoms with van der Waals surface area (Å²) in [6.45, 7) is 5.28. The first-order valence-electron chi connectivity index (χ1n) is 4.82. The van der Waals surface area contributed by atoms with Gasteiger partial charge in [0, 0.05) is 16.7 Å². The normalized spacial score (nSPS) is 19.0. The number of thiazole rings is 1. The van der Waals surface area contributed by atoms with Gasteiger partial charge < -0.3 is 5.73 Å². The van der Waals surface area contributed by atoms with Crippen LogP contribution in [-0.4, -0.2) is 11.5 Å². The fourth-order valence-electron chi connectivity index (χ4n) is 1.87. The molecule has 0 aromatic carbocycles. The van der Waals surface area contributed by atoms with Crippen LogP contribution < -0.4 is 5.73 Å². The van der Waals surface area contributed by atoms with Crippen molar-refractivity contribution in [2.75, 3.05) is 6.54 Å². The van der Waals surface area contributed by atoms with Crippen molar-refractivity contribution < 1.29 is 0 Å². The molecule has 2 N–H and O–H groups in total. The number of rotatable bonds is 2. The van der Waals surface area contributed by atoms with E-state index in [1.165, 1.54) is 28.4 Å². The van der Waals surface area contributed by atoms with E-state index in [4.69, 9.17) is 5.73 Å². The molecule has 0 bridgehead atoms. The highest BCUT2D eigenvalue weighted by Gasteiger charge is 2.33. The molecule has 0 saturated heterocycles. The lowest BCUT2D eigenvalue weighted by Gasteiger charge is -2.15. The fourth-order valence-corrected chi connectivity index (χ4v) is 3.14. The Balaban J connectivity index is 2.31. The summed E-state index contributed by atoms with van der Waals surface area (Å²) in [6, 6.07) is 0. The summed E-state index contributed by atoms with van der Waals surface area (Å²) in [7, 11) is 0. The maximum absolute atomic E-state index is 5.51. The first-order valence-corrected chi connectivity index (χ1v) is 5.64. The van der Waals surface area contributed by atoms with E-state index in [0.717, 1.165) is 6.42 Å². The van der Waals surface area contributed by atoms with Gasteiger partial charge in [0.25, 0.3) is 0 Å². The molecule has 13 heavy (non-hydrogen) atoms. The summed E-state index contributed by atoms with van der Waals surface area (Å²) in [4.78, 5) is 6.17. The number of aromatic nitrogens is 1. The van der Waals surface area contributed by atoms with Crippen LogP contribution in [0.5, 0.6) is 0 Å². The average Bonchev–Trinajstić information content (AvgIpc) is 2.55. The van der Waals surface area contributed by atoms with Gasteiger partial charge in [0.05, 0.1) is 10.7 Å². The molecule has 0 aliphatic heterocycles. The number of fused-ring (bicyclic) bond motifs is 1. The maximum atomic E-state index is 5.51. The number of aryl methyl sites for hydroxylation is 1. The molecular formula is C10H16N2S. The predicted octanol–water partition coefficient (Wildman–Crippen LogP) is 1.87. The maximum Gasteiger partial charge on any atom is 0.0943 e. The first kappa shape index (κ1) is 9.16. The third-order valence-corrected chi connectivity index (χ3v) is 3.89. The standard InChI is InChI=1S/C10H16N2S/c1-10(2)5-3-7-9(10)12-8(13-7)4-6-11/h3-6,11H2,1-2H3. The first-order chi connectivity index (χ1) is 6.13. The van der Waals surface area contributed by atoms with E-state index in [0.29, 0.717) is 12.0 Å². The van der Waals surface area contributed by atoms with Crippen molar-refractivity contribution in [1.82, 2.24) is 4.98 Å². The van der Waals surface area contributed by atoms with Gasteiger partial charge in [-0.3, -0.25) is 0 Å². The zero-order chi connectivity index (χ0) is 9.47. The Hall–Kier alpha value is -0.410. The van der Waals surface area contributed by atoms with Crippen LogP contribution >= 0.6 is 11.3 Å². The number of hydrogen-bond acceptors (Lipinski definition) is 3. The van der Waals surface area contributed by atoms with E-state index in [9.17, 15) is 0 Å². The summed E-state index contributed by atoms with van der Waals surface area (Å²) >= 11 is 1.86. The minimum atomic E-state index is 0.304. The van der Waals surface area contributed by atoms with Crippen LogP contribution in [0.4, 0.5) is 0 Å². The third-order valence-electron chi connectivity index (χ3n) is 2.72. The van der Waals surface area contributed by atoms with Gasteiger partial charge in [0.15, 0.2) is 0 Å². The quantitative estimate of drug-likeness (QED) is 0.784. The summed E-state index contributed by atoms with van der Waals surface area (Å²) in [6.07, 6.45) is 3.41. The molecule has 3 heteroatoms. The molecule has 1 heterocycles. The van der Waals surface area contributed by atoms with E-state index in [-0.39, 0.29) is 0 Å². The van der Waals surface area contributed by atoms with E-state index >= 15 is 0 Å². The van der Waals surface area contributed by atoms with Crippen molar-refractivity contribution in [2.45, 2.75) is 38.5 Å². The molecule has 0 amide bonds. The van der Waals surface area contributed by atoms with Crippen molar-refractivity contribution in [2.24, 2.45) is 5.73 Å². The largest absolute Gasteiger partial charge is 0.330 e. The minimum Gasteiger partial charge on any atom is -0.330 e. The molecule has 1 aromatic heterocycles. The molecule has 2 nitrogen and oxygen atoms in total. The number of nitrogens with zero attached hydrogens (tertiary/aromatic N) is 1. The van der Waals surface area contributed by atoms with E-state index in [1.807, 2.05) is 11.3 Å². The molecule has 0 spiro atoms. The van der Waals surface area contributed by atoms with Crippen LogP contribution in [-0.2, 0) is 18.3 Å². The topological polar surface area (TPSA) is 38.9 Å². The molecule has 0 unspecified atom stereocenters. The zero-order valence-electron chi connectivity index (χ0n) is 8.26. The molecule has 1 aliphatic rings. The third kappa shape index (κ3) is 1.51. The van der Waals surface area contributed by atoms with Gasteiger partial charge in [0.1, 0.15) is 0 Å². The van der Waals surface area contributed by atoms with Crippen molar-refractivity contribution >= 4 is 11.3 Å². The zero-order valence-corrected chi connectivity index (χ0v) is 9.08. The highest BCUT2D eigenvalue weighted by molar-refractivity contribution is 7.11. The average molecular weight is 196 g/mol. The van der Waals surface area contributed by atoms with Crippen molar-refractivity contribution in [1.29, 1.82) is 0 Å². The molecule has 1 aromatic rings. The predicted molar refractivity (Wildman–Crippen MR) is 56.2 cm³/mol. The Morgan fingerprint density at radius 2 is 2.31 bits per heavy atom. The number of hydrogen-bond donors (Lipinski definition) is 1. The lowest BCUT2D eigenvalue weighted by molar-refractivity contribution is 0.508. The van der Waals surface area contributed by atoms with Gasteiger partial charge in [0.2, 0.25) is 0 Å². The molecule has 0 saturated carbocycles. The summed E-state index contributed by atoms with van der Waals surface area (Å²) < 4.78 is 0. The fraction of sp³-hybridized carbons (Fsp3) is 0.700. The van der Waals surface area contributed by atoms with E-state index < -0.39 is 0 Å². The van der Waals surface area contributed by atoms with Gasteiger partial charge >= 0.3 is 0 Å². The second-order valence-corrected chi connectivity index (χ2v) is 5.47. The van der Waals surface area contributed by atoms with Crippen molar-refractivity contribution in [3.63, 3.8) is 0 Å². The molecule has 0 radical (unpaired) electrons. The second kappa shape index (κ2) is 3.07. The Labute approximate surface area is 83.2 Å². The SMILES string of the molecule is CC1(C)CCc2sc(CCN)nc21. The Morgan fingerprint density at radius 1 is 1.54 bits per heavy atom. The van der Waals surface area contributed by atoms with Crippen LogP contribution in [0.3, 0.4) is 0 Å². The van der Waals surface area contributed by atoms with Gasteiger partial charge in [-0.05, 0) is 19.4 Å².